The molecule has 3 aromatic rings. The van der Waals surface area contributed by atoms with Crippen LogP contribution >= 0.6 is 0 Å². The van der Waals surface area contributed by atoms with Gasteiger partial charge in [0.25, 0.3) is 11.9 Å². The number of hydrogen-bond donors (Lipinski definition) is 1. The molecule has 26 heavy (non-hydrogen) atoms. The molecule has 1 aliphatic heterocycles. The minimum Gasteiger partial charge on any atom is -0.481 e. The molecule has 0 radical (unpaired) electrons. The first-order chi connectivity index (χ1) is 12.4. The lowest BCUT2D eigenvalue weighted by Gasteiger charge is -2.08. The van der Waals surface area contributed by atoms with Crippen molar-refractivity contribution in [1.82, 2.24) is 9.88 Å². The molecule has 0 atom stereocenters. The molecule has 0 unspecified atom stereocenters. The van der Waals surface area contributed by atoms with Crippen LogP contribution in [0.5, 0.6) is 0 Å². The van der Waals surface area contributed by atoms with Gasteiger partial charge >= 0.3 is 0 Å². The Bertz CT molecular complexity index is 1010. The average molecular weight is 348 g/mol. The lowest BCUT2D eigenvalue weighted by atomic mass is 9.97. The molecule has 2 heterocycles. The normalized spacial score (nSPS) is 12.6. The van der Waals surface area contributed by atoms with Crippen LogP contribution in [0.2, 0.25) is 0 Å². The summed E-state index contributed by atoms with van der Waals surface area (Å²) in [6, 6.07) is 16.5. The highest BCUT2D eigenvalue weighted by Gasteiger charge is 2.24. The van der Waals surface area contributed by atoms with E-state index in [9.17, 15) is 4.79 Å². The van der Waals surface area contributed by atoms with Crippen LogP contribution in [0.4, 0.5) is 0 Å². The van der Waals surface area contributed by atoms with Gasteiger partial charge in [-0.25, -0.2) is 0 Å². The predicted molar refractivity (Wildman–Crippen MR) is 101 cm³/mol. The third kappa shape index (κ3) is 3.42. The summed E-state index contributed by atoms with van der Waals surface area (Å²) in [5.74, 6) is -0.725. The number of pyridine rings is 1. The summed E-state index contributed by atoms with van der Waals surface area (Å²) in [5, 5.41) is 8.56. The molecule has 4 rings (SSSR count). The molecule has 0 aliphatic carbocycles. The predicted octanol–water partition coefficient (Wildman–Crippen LogP) is 3.89. The highest BCUT2D eigenvalue weighted by atomic mass is 16.4. The van der Waals surface area contributed by atoms with E-state index in [1.807, 2.05) is 44.3 Å². The largest absolute Gasteiger partial charge is 0.481 e. The van der Waals surface area contributed by atoms with Gasteiger partial charge in [-0.15, -0.1) is 0 Å². The molecule has 1 aromatic heterocycles. The summed E-state index contributed by atoms with van der Waals surface area (Å²) in [6.07, 6.45) is 0. The van der Waals surface area contributed by atoms with E-state index in [1.54, 1.807) is 4.90 Å². The van der Waals surface area contributed by atoms with Crippen molar-refractivity contribution < 1.29 is 14.7 Å². The molecule has 2 aromatic carbocycles. The van der Waals surface area contributed by atoms with Gasteiger partial charge in [-0.05, 0) is 47.9 Å². The zero-order chi connectivity index (χ0) is 18.8. The van der Waals surface area contributed by atoms with Crippen molar-refractivity contribution in [1.29, 1.82) is 0 Å². The third-order valence-corrected chi connectivity index (χ3v) is 4.27. The van der Waals surface area contributed by atoms with Gasteiger partial charge in [0.2, 0.25) is 0 Å². The van der Waals surface area contributed by atoms with Crippen LogP contribution in [0.1, 0.15) is 28.5 Å². The molecule has 0 bridgehead atoms. The lowest BCUT2D eigenvalue weighted by Crippen LogP contribution is -2.17. The molecule has 0 saturated heterocycles. The van der Waals surface area contributed by atoms with Gasteiger partial charge in [-0.1, -0.05) is 24.3 Å². The molecule has 1 aliphatic rings. The molecule has 1 amide bonds. The van der Waals surface area contributed by atoms with E-state index in [1.165, 1.54) is 0 Å². The second-order valence-electron chi connectivity index (χ2n) is 6.38. The molecule has 1 N–H and O–H groups in total. The molecule has 0 saturated carbocycles. The average Bonchev–Trinajstić information content (AvgIpc) is 2.87. The van der Waals surface area contributed by atoms with Crippen LogP contribution in [0.3, 0.4) is 0 Å². The van der Waals surface area contributed by atoms with E-state index in [-0.39, 0.29) is 5.91 Å². The Balaban J connectivity index is 0.000000447. The number of aromatic nitrogens is 1. The molecular weight excluding hydrogens is 328 g/mol. The Morgan fingerprint density at radius 2 is 1.85 bits per heavy atom. The zero-order valence-corrected chi connectivity index (χ0v) is 15.0. The molecule has 5 nitrogen and oxygen atoms in total. The van der Waals surface area contributed by atoms with Gasteiger partial charge in [0, 0.05) is 37.2 Å². The number of fused-ring (bicyclic) bond motifs is 2. The molecular formula is C21H20N2O3. The van der Waals surface area contributed by atoms with Gasteiger partial charge in [0.15, 0.2) is 0 Å². The van der Waals surface area contributed by atoms with Gasteiger partial charge in [-0.2, -0.15) is 0 Å². The van der Waals surface area contributed by atoms with E-state index in [0.29, 0.717) is 6.54 Å². The van der Waals surface area contributed by atoms with Crippen LogP contribution in [-0.4, -0.2) is 33.9 Å². The lowest BCUT2D eigenvalue weighted by molar-refractivity contribution is -0.134. The minimum absolute atomic E-state index is 0.108. The Labute approximate surface area is 151 Å². The summed E-state index contributed by atoms with van der Waals surface area (Å²) in [6.45, 7) is 3.77. The number of carboxylic acid groups (broad SMARTS) is 1. The van der Waals surface area contributed by atoms with Gasteiger partial charge < -0.3 is 10.0 Å². The zero-order valence-electron chi connectivity index (χ0n) is 15.0. The van der Waals surface area contributed by atoms with Gasteiger partial charge in [0.1, 0.15) is 0 Å². The monoisotopic (exact) mass is 348 g/mol. The molecule has 0 spiro atoms. The fourth-order valence-corrected chi connectivity index (χ4v) is 3.14. The quantitative estimate of drug-likeness (QED) is 0.724. The van der Waals surface area contributed by atoms with Crippen LogP contribution in [0.25, 0.3) is 22.0 Å². The summed E-state index contributed by atoms with van der Waals surface area (Å²) in [4.78, 5) is 27.4. The molecule has 5 heteroatoms. The van der Waals surface area contributed by atoms with Crippen molar-refractivity contribution >= 4 is 22.8 Å². The van der Waals surface area contributed by atoms with Crippen molar-refractivity contribution in [2.45, 2.75) is 20.4 Å². The first-order valence-electron chi connectivity index (χ1n) is 8.31. The summed E-state index contributed by atoms with van der Waals surface area (Å²) in [7, 11) is 1.84. The number of nitrogens with zero attached hydrogens (tertiary/aromatic N) is 2. The number of aryl methyl sites for hydroxylation is 1. The van der Waals surface area contributed by atoms with E-state index >= 15 is 0 Å². The number of carbonyl (C=O) groups is 2. The Kier molecular flexibility index (Phi) is 4.71. The summed E-state index contributed by atoms with van der Waals surface area (Å²) in [5.41, 5.74) is 6.24. The van der Waals surface area contributed by atoms with E-state index in [4.69, 9.17) is 9.90 Å². The smallest absolute Gasteiger partial charge is 0.300 e. The summed E-state index contributed by atoms with van der Waals surface area (Å²) >= 11 is 0. The van der Waals surface area contributed by atoms with Crippen LogP contribution < -0.4 is 0 Å². The summed E-state index contributed by atoms with van der Waals surface area (Å²) < 4.78 is 0. The van der Waals surface area contributed by atoms with E-state index < -0.39 is 5.97 Å². The number of benzene rings is 2. The van der Waals surface area contributed by atoms with Crippen molar-refractivity contribution in [3.8, 4) is 11.1 Å². The minimum atomic E-state index is -0.833. The number of rotatable bonds is 1. The molecule has 132 valence electrons. The maximum atomic E-state index is 12.0. The fourth-order valence-electron chi connectivity index (χ4n) is 3.14. The first kappa shape index (κ1) is 17.6. The van der Waals surface area contributed by atoms with Crippen molar-refractivity contribution in [2.24, 2.45) is 0 Å². The van der Waals surface area contributed by atoms with Crippen molar-refractivity contribution in [3.63, 3.8) is 0 Å². The van der Waals surface area contributed by atoms with Gasteiger partial charge in [-0.3, -0.25) is 14.6 Å². The van der Waals surface area contributed by atoms with Crippen LogP contribution in [0, 0.1) is 6.92 Å². The Morgan fingerprint density at radius 1 is 1.12 bits per heavy atom. The highest BCUT2D eigenvalue weighted by Crippen LogP contribution is 2.31. The maximum Gasteiger partial charge on any atom is 0.300 e. The number of aliphatic carboxylic acids is 1. The van der Waals surface area contributed by atoms with E-state index in [2.05, 4.69) is 23.2 Å². The van der Waals surface area contributed by atoms with E-state index in [0.717, 1.165) is 45.8 Å². The maximum absolute atomic E-state index is 12.0. The number of amides is 1. The fraction of sp³-hybridized carbons (Fsp3) is 0.190. The third-order valence-electron chi connectivity index (χ3n) is 4.27. The first-order valence-corrected chi connectivity index (χ1v) is 8.31. The molecule has 0 fully saturated rings. The van der Waals surface area contributed by atoms with Crippen molar-refractivity contribution in [2.75, 3.05) is 7.05 Å². The van der Waals surface area contributed by atoms with Crippen LogP contribution in [-0.2, 0) is 11.3 Å². The SMILES string of the molecule is CC(=O)O.Cc1ccc2c(-c3ccc4c(c3)CN(C)C4=O)cccc2n1. The Hall–Kier alpha value is -3.21. The van der Waals surface area contributed by atoms with Gasteiger partial charge in [0.05, 0.1) is 5.52 Å². The van der Waals surface area contributed by atoms with Crippen LogP contribution in [0.15, 0.2) is 48.5 Å². The number of carboxylic acids is 1. The van der Waals surface area contributed by atoms with Crippen molar-refractivity contribution in [3.05, 3.63) is 65.4 Å². The number of carbonyl (C=O) groups excluding carboxylic acids is 1. The number of hydrogen-bond acceptors (Lipinski definition) is 3. The Morgan fingerprint density at radius 3 is 2.58 bits per heavy atom. The standard InChI is InChI=1S/C19H16N2O.C2H4O2/c1-12-6-8-17-15(4-3-5-18(17)20-12)13-7-9-16-14(10-13)11-21(2)19(16)22;1-2(3)4/h3-10H,11H2,1-2H3;1H3,(H,3,4). The topological polar surface area (TPSA) is 70.5 Å². The highest BCUT2D eigenvalue weighted by molar-refractivity contribution is 6.00. The second-order valence-corrected chi connectivity index (χ2v) is 6.38. The second kappa shape index (κ2) is 6.96.